The third-order valence-electron chi connectivity index (χ3n) is 5.14. The van der Waals surface area contributed by atoms with E-state index in [-0.39, 0.29) is 10.8 Å². The first-order valence-electron chi connectivity index (χ1n) is 10.0. The van der Waals surface area contributed by atoms with Crippen LogP contribution in [0.5, 0.6) is 11.5 Å². The zero-order chi connectivity index (χ0) is 21.1. The van der Waals surface area contributed by atoms with Crippen LogP contribution >= 0.6 is 0 Å². The molecule has 30 heavy (non-hydrogen) atoms. The average Bonchev–Trinajstić information content (AvgIpc) is 3.30. The Morgan fingerprint density at radius 3 is 2.30 bits per heavy atom. The monoisotopic (exact) mass is 431 g/mol. The minimum absolute atomic E-state index is 0.236. The molecule has 0 radical (unpaired) electrons. The van der Waals surface area contributed by atoms with Crippen LogP contribution in [0.15, 0.2) is 47.4 Å². The number of rotatable bonds is 6. The molecule has 1 atom stereocenters. The van der Waals surface area contributed by atoms with Gasteiger partial charge in [-0.2, -0.15) is 4.31 Å². The van der Waals surface area contributed by atoms with E-state index in [2.05, 4.69) is 10.6 Å². The molecule has 2 aliphatic rings. The summed E-state index contributed by atoms with van der Waals surface area (Å²) in [5.74, 6) is 1.10. The van der Waals surface area contributed by atoms with E-state index in [0.717, 1.165) is 18.5 Å². The lowest BCUT2D eigenvalue weighted by Gasteiger charge is -2.20. The predicted molar refractivity (Wildman–Crippen MR) is 114 cm³/mol. The lowest BCUT2D eigenvalue weighted by atomic mass is 10.2. The molecule has 8 nitrogen and oxygen atoms in total. The van der Waals surface area contributed by atoms with Crippen molar-refractivity contribution in [2.45, 2.75) is 30.7 Å². The van der Waals surface area contributed by atoms with Crippen LogP contribution in [0.25, 0.3) is 0 Å². The SMILES string of the molecule is C[C@@H](Nc1ccc2c(c1)OCCO2)C(=O)Nc1ccc(S(=O)(=O)N2CCCC2)cc1. The molecule has 1 amide bonds. The van der Waals surface area contributed by atoms with E-state index in [0.29, 0.717) is 43.5 Å². The van der Waals surface area contributed by atoms with Gasteiger partial charge in [-0.05, 0) is 56.2 Å². The lowest BCUT2D eigenvalue weighted by Crippen LogP contribution is -2.32. The van der Waals surface area contributed by atoms with Crippen molar-refractivity contribution in [3.63, 3.8) is 0 Å². The molecule has 2 heterocycles. The summed E-state index contributed by atoms with van der Waals surface area (Å²) in [6.07, 6.45) is 1.78. The fourth-order valence-corrected chi connectivity index (χ4v) is 5.00. The Kier molecular flexibility index (Phi) is 5.83. The Hall–Kier alpha value is -2.78. The van der Waals surface area contributed by atoms with Gasteiger partial charge in [0, 0.05) is 30.5 Å². The van der Waals surface area contributed by atoms with Crippen molar-refractivity contribution < 1.29 is 22.7 Å². The second kappa shape index (κ2) is 8.53. The van der Waals surface area contributed by atoms with Gasteiger partial charge in [-0.1, -0.05) is 0 Å². The summed E-state index contributed by atoms with van der Waals surface area (Å²) in [6, 6.07) is 11.2. The number of anilines is 2. The molecule has 1 saturated heterocycles. The van der Waals surface area contributed by atoms with Gasteiger partial charge >= 0.3 is 0 Å². The summed E-state index contributed by atoms with van der Waals surface area (Å²) in [4.78, 5) is 12.8. The van der Waals surface area contributed by atoms with E-state index in [1.807, 2.05) is 6.07 Å². The number of hydrogen-bond acceptors (Lipinski definition) is 6. The number of nitrogens with one attached hydrogen (secondary N) is 2. The number of carbonyl (C=O) groups excluding carboxylic acids is 1. The van der Waals surface area contributed by atoms with E-state index in [9.17, 15) is 13.2 Å². The molecule has 1 fully saturated rings. The van der Waals surface area contributed by atoms with Crippen LogP contribution in [0.4, 0.5) is 11.4 Å². The maximum Gasteiger partial charge on any atom is 0.246 e. The zero-order valence-corrected chi connectivity index (χ0v) is 17.6. The number of benzene rings is 2. The number of fused-ring (bicyclic) bond motifs is 1. The van der Waals surface area contributed by atoms with Crippen molar-refractivity contribution in [2.75, 3.05) is 36.9 Å². The lowest BCUT2D eigenvalue weighted by molar-refractivity contribution is -0.116. The van der Waals surface area contributed by atoms with Gasteiger partial charge in [0.25, 0.3) is 0 Å². The Morgan fingerprint density at radius 1 is 0.967 bits per heavy atom. The quantitative estimate of drug-likeness (QED) is 0.730. The van der Waals surface area contributed by atoms with Crippen molar-refractivity contribution >= 4 is 27.3 Å². The van der Waals surface area contributed by atoms with E-state index in [4.69, 9.17) is 9.47 Å². The highest BCUT2D eigenvalue weighted by atomic mass is 32.2. The van der Waals surface area contributed by atoms with Crippen LogP contribution in [-0.4, -0.2) is 51.0 Å². The molecule has 160 valence electrons. The second-order valence-corrected chi connectivity index (χ2v) is 9.29. The molecule has 2 aliphatic heterocycles. The third-order valence-corrected chi connectivity index (χ3v) is 7.06. The fraction of sp³-hybridized carbons (Fsp3) is 0.381. The minimum Gasteiger partial charge on any atom is -0.486 e. The standard InChI is InChI=1S/C21H25N3O5S/c1-15(22-17-6-9-19-20(14-17)29-13-12-28-19)21(25)23-16-4-7-18(8-5-16)30(26,27)24-10-2-3-11-24/h4-9,14-15,22H,2-3,10-13H2,1H3,(H,23,25)/t15-/m1/s1. The van der Waals surface area contributed by atoms with E-state index in [1.54, 1.807) is 31.2 Å². The highest BCUT2D eigenvalue weighted by Crippen LogP contribution is 2.32. The zero-order valence-electron chi connectivity index (χ0n) is 16.8. The highest BCUT2D eigenvalue weighted by Gasteiger charge is 2.27. The van der Waals surface area contributed by atoms with Gasteiger partial charge in [-0.3, -0.25) is 4.79 Å². The first-order chi connectivity index (χ1) is 14.4. The first-order valence-corrected chi connectivity index (χ1v) is 11.4. The van der Waals surface area contributed by atoms with Gasteiger partial charge in [0.05, 0.1) is 4.90 Å². The third kappa shape index (κ3) is 4.36. The van der Waals surface area contributed by atoms with Crippen LogP contribution in [0.3, 0.4) is 0 Å². The molecule has 0 aromatic heterocycles. The summed E-state index contributed by atoms with van der Waals surface area (Å²) in [5, 5.41) is 5.94. The Labute approximate surface area is 176 Å². The van der Waals surface area contributed by atoms with Crippen LogP contribution in [-0.2, 0) is 14.8 Å². The Balaban J connectivity index is 1.37. The molecule has 0 saturated carbocycles. The topological polar surface area (TPSA) is 97.0 Å². The molecule has 0 bridgehead atoms. The normalized spacial score (nSPS) is 17.4. The minimum atomic E-state index is -3.46. The van der Waals surface area contributed by atoms with Crippen molar-refractivity contribution in [1.82, 2.24) is 4.31 Å². The summed E-state index contributed by atoms with van der Waals surface area (Å²) in [5.41, 5.74) is 1.28. The van der Waals surface area contributed by atoms with Gasteiger partial charge in [0.15, 0.2) is 11.5 Å². The molecule has 0 unspecified atom stereocenters. The second-order valence-electron chi connectivity index (χ2n) is 7.35. The maximum atomic E-state index is 12.6. The summed E-state index contributed by atoms with van der Waals surface area (Å²) >= 11 is 0. The molecular weight excluding hydrogens is 406 g/mol. The average molecular weight is 432 g/mol. The smallest absolute Gasteiger partial charge is 0.246 e. The summed E-state index contributed by atoms with van der Waals surface area (Å²) in [6.45, 7) is 3.89. The molecule has 4 rings (SSSR count). The molecule has 0 aliphatic carbocycles. The van der Waals surface area contributed by atoms with Crippen molar-refractivity contribution in [3.05, 3.63) is 42.5 Å². The van der Waals surface area contributed by atoms with Crippen molar-refractivity contribution in [3.8, 4) is 11.5 Å². The Bertz CT molecular complexity index is 1020. The molecule has 9 heteroatoms. The number of sulfonamides is 1. The first kappa shape index (κ1) is 20.5. The van der Waals surface area contributed by atoms with Gasteiger partial charge in [-0.15, -0.1) is 0 Å². The van der Waals surface area contributed by atoms with Crippen LogP contribution < -0.4 is 20.1 Å². The van der Waals surface area contributed by atoms with Crippen molar-refractivity contribution in [2.24, 2.45) is 0 Å². The number of hydrogen-bond donors (Lipinski definition) is 2. The maximum absolute atomic E-state index is 12.6. The van der Waals surface area contributed by atoms with Crippen LogP contribution in [0.1, 0.15) is 19.8 Å². The number of ether oxygens (including phenoxy) is 2. The molecule has 2 aromatic carbocycles. The Morgan fingerprint density at radius 2 is 1.60 bits per heavy atom. The van der Waals surface area contributed by atoms with Gasteiger partial charge in [0.2, 0.25) is 15.9 Å². The summed E-state index contributed by atoms with van der Waals surface area (Å²) in [7, 11) is -3.46. The molecule has 2 N–H and O–H groups in total. The number of amides is 1. The molecular formula is C21H25N3O5S. The van der Waals surface area contributed by atoms with Gasteiger partial charge in [0.1, 0.15) is 19.3 Å². The van der Waals surface area contributed by atoms with Crippen LogP contribution in [0.2, 0.25) is 0 Å². The number of nitrogens with zero attached hydrogens (tertiary/aromatic N) is 1. The highest BCUT2D eigenvalue weighted by molar-refractivity contribution is 7.89. The van der Waals surface area contributed by atoms with E-state index in [1.165, 1.54) is 16.4 Å². The largest absolute Gasteiger partial charge is 0.486 e. The van der Waals surface area contributed by atoms with Crippen LogP contribution in [0, 0.1) is 0 Å². The van der Waals surface area contributed by atoms with E-state index < -0.39 is 16.1 Å². The number of carbonyl (C=O) groups is 1. The molecule has 2 aromatic rings. The van der Waals surface area contributed by atoms with Gasteiger partial charge < -0.3 is 20.1 Å². The van der Waals surface area contributed by atoms with Crippen molar-refractivity contribution in [1.29, 1.82) is 0 Å². The van der Waals surface area contributed by atoms with E-state index >= 15 is 0 Å². The fourth-order valence-electron chi connectivity index (χ4n) is 3.49. The molecule has 0 spiro atoms. The predicted octanol–water partition coefficient (Wildman–Crippen LogP) is 2.68. The van der Waals surface area contributed by atoms with Gasteiger partial charge in [-0.25, -0.2) is 8.42 Å². The summed E-state index contributed by atoms with van der Waals surface area (Å²) < 4.78 is 37.7.